The predicted molar refractivity (Wildman–Crippen MR) is 130 cm³/mol. The minimum Gasteiger partial charge on any atom is -0.378 e. The lowest BCUT2D eigenvalue weighted by atomic mass is 10.1. The van der Waals surface area contributed by atoms with Gasteiger partial charge in [0, 0.05) is 35.8 Å². The van der Waals surface area contributed by atoms with Crippen molar-refractivity contribution >= 4 is 45.1 Å². The first kappa shape index (κ1) is 20.4. The Balaban J connectivity index is 1.70. The molecule has 0 bridgehead atoms. The molecular formula is C25H24ClN5O2. The molecule has 1 aliphatic heterocycles. The van der Waals surface area contributed by atoms with Gasteiger partial charge >= 0.3 is 0 Å². The molecule has 0 atom stereocenters. The molecule has 2 aromatic carbocycles. The molecule has 4 aromatic rings. The molecule has 1 saturated heterocycles. The third-order valence-electron chi connectivity index (χ3n) is 6.87. The van der Waals surface area contributed by atoms with E-state index in [1.165, 1.54) is 0 Å². The summed E-state index contributed by atoms with van der Waals surface area (Å²) >= 11 is 6.48. The van der Waals surface area contributed by atoms with Gasteiger partial charge in [0.2, 0.25) is 0 Å². The smallest absolute Gasteiger partial charge is 0.251 e. The van der Waals surface area contributed by atoms with Crippen LogP contribution in [0.4, 0.5) is 5.69 Å². The number of ether oxygens (including phenoxy) is 1. The number of nitrogens with zero attached hydrogens (tertiary/aromatic N) is 4. The first-order chi connectivity index (χ1) is 16.0. The summed E-state index contributed by atoms with van der Waals surface area (Å²) in [5, 5.41) is 1.54. The summed E-state index contributed by atoms with van der Waals surface area (Å²) in [6, 6.07) is 11.8. The molecule has 7 nitrogen and oxygen atoms in total. The number of carbonyl (C=O) groups excluding carboxylic acids is 1. The zero-order valence-corrected chi connectivity index (χ0v) is 19.1. The van der Waals surface area contributed by atoms with Crippen LogP contribution in [0.25, 0.3) is 27.6 Å². The number of carbonyl (C=O) groups is 1. The fourth-order valence-corrected chi connectivity index (χ4v) is 4.96. The molecule has 0 radical (unpaired) electrons. The zero-order chi connectivity index (χ0) is 22.7. The van der Waals surface area contributed by atoms with Crippen LogP contribution in [-0.4, -0.2) is 46.7 Å². The van der Waals surface area contributed by atoms with Gasteiger partial charge in [-0.05, 0) is 37.1 Å². The van der Waals surface area contributed by atoms with Crippen LogP contribution < -0.4 is 10.6 Å². The second-order valence-corrected chi connectivity index (χ2v) is 9.53. The highest BCUT2D eigenvalue weighted by Crippen LogP contribution is 2.49. The molecule has 1 aliphatic carbocycles. The van der Waals surface area contributed by atoms with Gasteiger partial charge < -0.3 is 15.4 Å². The molecule has 6 rings (SSSR count). The van der Waals surface area contributed by atoms with E-state index in [9.17, 15) is 4.79 Å². The predicted octanol–water partition coefficient (Wildman–Crippen LogP) is 4.21. The fourth-order valence-electron chi connectivity index (χ4n) is 4.73. The van der Waals surface area contributed by atoms with Crippen LogP contribution in [-0.2, 0) is 10.2 Å². The number of nitrogens with two attached hydrogens (primary N) is 1. The molecule has 0 unspecified atom stereocenters. The van der Waals surface area contributed by atoms with Gasteiger partial charge in [0.15, 0.2) is 0 Å². The van der Waals surface area contributed by atoms with Crippen molar-refractivity contribution < 1.29 is 9.53 Å². The highest BCUT2D eigenvalue weighted by molar-refractivity contribution is 6.35. The first-order valence-corrected chi connectivity index (χ1v) is 11.6. The lowest BCUT2D eigenvalue weighted by Gasteiger charge is -2.29. The van der Waals surface area contributed by atoms with E-state index in [0.717, 1.165) is 59.5 Å². The molecule has 2 fully saturated rings. The van der Waals surface area contributed by atoms with Gasteiger partial charge in [-0.1, -0.05) is 30.7 Å². The van der Waals surface area contributed by atoms with Gasteiger partial charge in [0.1, 0.15) is 11.3 Å². The maximum Gasteiger partial charge on any atom is 0.251 e. The maximum absolute atomic E-state index is 12.5. The summed E-state index contributed by atoms with van der Waals surface area (Å²) in [5.74, 6) is 0.460. The minimum atomic E-state index is -0.477. The molecule has 33 heavy (non-hydrogen) atoms. The number of imidazole rings is 1. The fraction of sp³-hybridized carbons (Fsp3) is 0.320. The van der Waals surface area contributed by atoms with E-state index in [0.29, 0.717) is 29.3 Å². The summed E-state index contributed by atoms with van der Waals surface area (Å²) in [4.78, 5) is 24.3. The second-order valence-electron chi connectivity index (χ2n) is 9.12. The van der Waals surface area contributed by atoms with Gasteiger partial charge in [-0.3, -0.25) is 14.3 Å². The molecule has 0 spiro atoms. The molecule has 168 valence electrons. The average Bonchev–Trinajstić information content (AvgIpc) is 3.46. The van der Waals surface area contributed by atoms with E-state index < -0.39 is 5.91 Å². The largest absolute Gasteiger partial charge is 0.378 e. The van der Waals surface area contributed by atoms with Crippen LogP contribution in [0.15, 0.2) is 42.6 Å². The minimum absolute atomic E-state index is 0.0543. The van der Waals surface area contributed by atoms with Crippen molar-refractivity contribution in [3.8, 4) is 5.69 Å². The van der Waals surface area contributed by atoms with Crippen LogP contribution in [0, 0.1) is 0 Å². The van der Waals surface area contributed by atoms with Crippen molar-refractivity contribution in [1.82, 2.24) is 14.5 Å². The van der Waals surface area contributed by atoms with Crippen molar-refractivity contribution in [2.75, 3.05) is 31.2 Å². The molecular weight excluding hydrogens is 438 g/mol. The quantitative estimate of drug-likeness (QED) is 0.492. The summed E-state index contributed by atoms with van der Waals surface area (Å²) in [7, 11) is 0. The molecule has 2 aromatic heterocycles. The van der Waals surface area contributed by atoms with Crippen molar-refractivity contribution in [3.05, 3.63) is 59.0 Å². The Morgan fingerprint density at radius 1 is 1.15 bits per heavy atom. The van der Waals surface area contributed by atoms with Crippen molar-refractivity contribution in [2.24, 2.45) is 5.73 Å². The summed E-state index contributed by atoms with van der Waals surface area (Å²) in [6.45, 7) is 5.04. The van der Waals surface area contributed by atoms with Gasteiger partial charge in [-0.25, -0.2) is 4.98 Å². The zero-order valence-electron chi connectivity index (χ0n) is 18.3. The third-order valence-corrected chi connectivity index (χ3v) is 7.17. The van der Waals surface area contributed by atoms with E-state index in [2.05, 4.69) is 27.4 Å². The van der Waals surface area contributed by atoms with Crippen LogP contribution in [0.1, 0.15) is 35.9 Å². The van der Waals surface area contributed by atoms with Crippen molar-refractivity contribution in [2.45, 2.75) is 25.2 Å². The van der Waals surface area contributed by atoms with E-state index in [-0.39, 0.29) is 5.41 Å². The summed E-state index contributed by atoms with van der Waals surface area (Å²) in [6.07, 6.45) is 3.86. The maximum atomic E-state index is 12.5. The van der Waals surface area contributed by atoms with Crippen LogP contribution in [0.3, 0.4) is 0 Å². The number of fused-ring (bicyclic) bond motifs is 2. The Labute approximate surface area is 196 Å². The van der Waals surface area contributed by atoms with E-state index >= 15 is 0 Å². The number of benzene rings is 2. The number of anilines is 1. The number of aromatic nitrogens is 3. The number of morpholine rings is 1. The lowest BCUT2D eigenvalue weighted by molar-refractivity contribution is 0.100. The Morgan fingerprint density at radius 2 is 1.94 bits per heavy atom. The Hall–Kier alpha value is -3.16. The first-order valence-electron chi connectivity index (χ1n) is 11.2. The Kier molecular flexibility index (Phi) is 4.61. The number of para-hydroxylation sites is 1. The molecule has 1 saturated carbocycles. The SMILES string of the molecule is CC1(c2nc3c(C(N)=O)cc(N4CCOCC4)cc3n2-c2ccnc3c(Cl)cccc23)CC1. The monoisotopic (exact) mass is 461 g/mol. The normalized spacial score (nSPS) is 17.6. The number of pyridine rings is 1. The van der Waals surface area contributed by atoms with Crippen molar-refractivity contribution in [1.29, 1.82) is 0 Å². The highest BCUT2D eigenvalue weighted by atomic mass is 35.5. The number of hydrogen-bond acceptors (Lipinski definition) is 5. The van der Waals surface area contributed by atoms with Crippen LogP contribution in [0.2, 0.25) is 5.02 Å². The average molecular weight is 462 g/mol. The van der Waals surface area contributed by atoms with E-state index in [4.69, 9.17) is 27.1 Å². The summed E-state index contributed by atoms with van der Waals surface area (Å²) in [5.41, 5.74) is 10.4. The number of halogens is 1. The number of amides is 1. The molecule has 1 amide bonds. The van der Waals surface area contributed by atoms with Crippen LogP contribution >= 0.6 is 11.6 Å². The lowest BCUT2D eigenvalue weighted by Crippen LogP contribution is -2.36. The topological polar surface area (TPSA) is 86.3 Å². The second kappa shape index (κ2) is 7.43. The van der Waals surface area contributed by atoms with Gasteiger partial charge in [0.25, 0.3) is 5.91 Å². The van der Waals surface area contributed by atoms with E-state index in [1.54, 1.807) is 6.20 Å². The van der Waals surface area contributed by atoms with Crippen molar-refractivity contribution in [3.63, 3.8) is 0 Å². The summed E-state index contributed by atoms with van der Waals surface area (Å²) < 4.78 is 7.71. The third kappa shape index (κ3) is 3.26. The Morgan fingerprint density at radius 3 is 2.67 bits per heavy atom. The van der Waals surface area contributed by atoms with Crippen LogP contribution in [0.5, 0.6) is 0 Å². The standard InChI is InChI=1S/C25H24ClN5O2/c1-25(6-7-25)24-29-22-17(23(27)32)13-15(30-9-11-33-12-10-30)14-20(22)31(24)19-5-8-28-21-16(19)3-2-4-18(21)26/h2-5,8,13-14H,6-7,9-12H2,1H3,(H2,27,32). The van der Waals surface area contributed by atoms with Gasteiger partial charge in [-0.2, -0.15) is 0 Å². The number of hydrogen-bond donors (Lipinski definition) is 1. The van der Waals surface area contributed by atoms with Gasteiger partial charge in [0.05, 0.1) is 40.5 Å². The Bertz CT molecular complexity index is 1420. The number of primary amides is 1. The molecule has 2 N–H and O–H groups in total. The molecule has 3 heterocycles. The van der Waals surface area contributed by atoms with E-state index in [1.807, 2.05) is 30.3 Å². The highest BCUT2D eigenvalue weighted by Gasteiger charge is 2.44. The van der Waals surface area contributed by atoms with Gasteiger partial charge in [-0.15, -0.1) is 0 Å². The number of rotatable bonds is 4. The molecule has 8 heteroatoms. The molecule has 2 aliphatic rings.